The minimum Gasteiger partial charge on any atom is -0.444 e. The van der Waals surface area contributed by atoms with Gasteiger partial charge in [-0.3, -0.25) is 4.98 Å². The lowest BCUT2D eigenvalue weighted by Gasteiger charge is -2.33. The van der Waals surface area contributed by atoms with Crippen LogP contribution in [0.15, 0.2) is 24.4 Å². The Morgan fingerprint density at radius 3 is 2.68 bits per heavy atom. The maximum Gasteiger partial charge on any atom is 0.410 e. The van der Waals surface area contributed by atoms with E-state index in [0.29, 0.717) is 5.92 Å². The van der Waals surface area contributed by atoms with E-state index in [-0.39, 0.29) is 6.09 Å². The molecule has 0 atom stereocenters. The largest absolute Gasteiger partial charge is 0.444 e. The number of ether oxygens (including phenoxy) is 1. The number of nitrogens with zero attached hydrogens (tertiary/aromatic N) is 2. The molecule has 0 aromatic carbocycles. The highest BCUT2D eigenvalue weighted by Crippen LogP contribution is 2.19. The van der Waals surface area contributed by atoms with Crippen LogP contribution in [-0.2, 0) is 11.3 Å². The molecule has 1 N–H and O–H groups in total. The zero-order chi connectivity index (χ0) is 16.0. The molecule has 1 fully saturated rings. The van der Waals surface area contributed by atoms with Crippen molar-refractivity contribution in [1.29, 1.82) is 0 Å². The van der Waals surface area contributed by atoms with Crippen molar-refractivity contribution in [2.24, 2.45) is 5.92 Å². The van der Waals surface area contributed by atoms with Gasteiger partial charge in [0.1, 0.15) is 5.60 Å². The average molecular weight is 305 g/mol. The Labute approximate surface area is 133 Å². The zero-order valence-corrected chi connectivity index (χ0v) is 13.8. The molecule has 0 radical (unpaired) electrons. The van der Waals surface area contributed by atoms with Crippen molar-refractivity contribution < 1.29 is 9.53 Å². The molecule has 1 aliphatic heterocycles. The Bertz CT molecular complexity index is 463. The summed E-state index contributed by atoms with van der Waals surface area (Å²) in [5, 5.41) is 3.46. The number of carbonyl (C=O) groups is 1. The van der Waals surface area contributed by atoms with Gasteiger partial charge in [0.05, 0.1) is 5.69 Å². The molecular formula is C17H27N3O2. The summed E-state index contributed by atoms with van der Waals surface area (Å²) in [7, 11) is 0. The van der Waals surface area contributed by atoms with Crippen LogP contribution >= 0.6 is 0 Å². The Morgan fingerprint density at radius 1 is 1.36 bits per heavy atom. The highest BCUT2D eigenvalue weighted by Gasteiger charge is 2.26. The van der Waals surface area contributed by atoms with Gasteiger partial charge in [0.2, 0.25) is 0 Å². The first-order chi connectivity index (χ1) is 10.4. The molecule has 22 heavy (non-hydrogen) atoms. The van der Waals surface area contributed by atoms with Crippen molar-refractivity contribution in [2.45, 2.75) is 45.8 Å². The van der Waals surface area contributed by atoms with Gasteiger partial charge in [0.25, 0.3) is 0 Å². The van der Waals surface area contributed by atoms with E-state index in [1.54, 1.807) is 0 Å². The van der Waals surface area contributed by atoms with Crippen LogP contribution in [0.2, 0.25) is 0 Å². The lowest BCUT2D eigenvalue weighted by atomic mass is 9.97. The maximum absolute atomic E-state index is 12.0. The topological polar surface area (TPSA) is 54.5 Å². The monoisotopic (exact) mass is 305 g/mol. The molecule has 2 heterocycles. The van der Waals surface area contributed by atoms with Crippen LogP contribution in [0.3, 0.4) is 0 Å². The summed E-state index contributed by atoms with van der Waals surface area (Å²) in [6.07, 6.45) is 3.67. The van der Waals surface area contributed by atoms with Crippen LogP contribution in [0.25, 0.3) is 0 Å². The summed E-state index contributed by atoms with van der Waals surface area (Å²) in [5.41, 5.74) is 0.645. The van der Waals surface area contributed by atoms with Crippen LogP contribution in [0.1, 0.15) is 39.3 Å². The van der Waals surface area contributed by atoms with E-state index >= 15 is 0 Å². The zero-order valence-electron chi connectivity index (χ0n) is 13.8. The van der Waals surface area contributed by atoms with E-state index in [4.69, 9.17) is 4.74 Å². The second-order valence-corrected chi connectivity index (χ2v) is 6.86. The van der Waals surface area contributed by atoms with Gasteiger partial charge in [-0.2, -0.15) is 0 Å². The van der Waals surface area contributed by atoms with E-state index in [1.807, 2.05) is 50.1 Å². The normalized spacial score (nSPS) is 16.6. The predicted molar refractivity (Wildman–Crippen MR) is 86.5 cm³/mol. The van der Waals surface area contributed by atoms with E-state index in [1.165, 1.54) is 0 Å². The Morgan fingerprint density at radius 2 is 2.09 bits per heavy atom. The average Bonchev–Trinajstić information content (AvgIpc) is 2.47. The molecular weight excluding hydrogens is 278 g/mol. The van der Waals surface area contributed by atoms with Gasteiger partial charge < -0.3 is 15.0 Å². The summed E-state index contributed by atoms with van der Waals surface area (Å²) >= 11 is 0. The predicted octanol–water partition coefficient (Wildman–Crippen LogP) is 2.82. The highest BCUT2D eigenvalue weighted by atomic mass is 16.6. The molecule has 0 saturated carbocycles. The molecule has 122 valence electrons. The van der Waals surface area contributed by atoms with Gasteiger partial charge in [-0.05, 0) is 58.2 Å². The Hall–Kier alpha value is -1.62. The molecule has 1 saturated heterocycles. The fourth-order valence-electron chi connectivity index (χ4n) is 2.55. The van der Waals surface area contributed by atoms with Crippen molar-refractivity contribution >= 4 is 6.09 Å². The molecule has 0 bridgehead atoms. The summed E-state index contributed by atoms with van der Waals surface area (Å²) in [6.45, 7) is 9.04. The summed E-state index contributed by atoms with van der Waals surface area (Å²) in [4.78, 5) is 18.1. The van der Waals surface area contributed by atoms with Crippen LogP contribution < -0.4 is 5.32 Å². The third-order valence-electron chi connectivity index (χ3n) is 3.73. The molecule has 5 nitrogen and oxygen atoms in total. The molecule has 1 aliphatic rings. The van der Waals surface area contributed by atoms with Gasteiger partial charge in [0, 0.05) is 25.8 Å². The van der Waals surface area contributed by atoms with Crippen molar-refractivity contribution in [3.05, 3.63) is 30.1 Å². The standard InChI is InChI=1S/C17H27N3O2/c1-17(2,3)22-16(21)20-10-7-14(8-11-20)12-18-13-15-6-4-5-9-19-15/h4-6,9,14,18H,7-8,10-13H2,1-3H3. The lowest BCUT2D eigenvalue weighted by molar-refractivity contribution is 0.0184. The summed E-state index contributed by atoms with van der Waals surface area (Å²) < 4.78 is 5.41. The number of carbonyl (C=O) groups excluding carboxylic acids is 1. The fraction of sp³-hybridized carbons (Fsp3) is 0.647. The number of likely N-dealkylation sites (tertiary alicyclic amines) is 1. The molecule has 1 aromatic rings. The lowest BCUT2D eigenvalue weighted by Crippen LogP contribution is -2.43. The second kappa shape index (κ2) is 7.58. The van der Waals surface area contributed by atoms with Crippen LogP contribution in [0, 0.1) is 5.92 Å². The molecule has 0 unspecified atom stereocenters. The van der Waals surface area contributed by atoms with E-state index in [9.17, 15) is 4.79 Å². The minimum atomic E-state index is -0.418. The quantitative estimate of drug-likeness (QED) is 0.929. The SMILES string of the molecule is CC(C)(C)OC(=O)N1CCC(CNCc2ccccn2)CC1. The van der Waals surface area contributed by atoms with E-state index < -0.39 is 5.60 Å². The van der Waals surface area contributed by atoms with Gasteiger partial charge in [-0.1, -0.05) is 6.07 Å². The minimum absolute atomic E-state index is 0.188. The second-order valence-electron chi connectivity index (χ2n) is 6.86. The number of hydrogen-bond donors (Lipinski definition) is 1. The van der Waals surface area contributed by atoms with Crippen LogP contribution in [0.4, 0.5) is 4.79 Å². The smallest absolute Gasteiger partial charge is 0.410 e. The fourth-order valence-corrected chi connectivity index (χ4v) is 2.55. The van der Waals surface area contributed by atoms with Crippen LogP contribution in [-0.4, -0.2) is 41.2 Å². The number of aromatic nitrogens is 1. The maximum atomic E-state index is 12.0. The third-order valence-corrected chi connectivity index (χ3v) is 3.73. The molecule has 1 amide bonds. The van der Waals surface area contributed by atoms with Gasteiger partial charge in [-0.25, -0.2) is 4.79 Å². The third kappa shape index (κ3) is 5.64. The van der Waals surface area contributed by atoms with E-state index in [2.05, 4.69) is 10.3 Å². The number of amides is 1. The molecule has 2 rings (SSSR count). The Balaban J connectivity index is 1.66. The van der Waals surface area contributed by atoms with Crippen molar-refractivity contribution in [3.63, 3.8) is 0 Å². The van der Waals surface area contributed by atoms with Crippen molar-refractivity contribution in [3.8, 4) is 0 Å². The number of pyridine rings is 1. The number of rotatable bonds is 4. The molecule has 0 spiro atoms. The van der Waals surface area contributed by atoms with Gasteiger partial charge >= 0.3 is 6.09 Å². The molecule has 0 aliphatic carbocycles. The number of hydrogen-bond acceptors (Lipinski definition) is 4. The van der Waals surface area contributed by atoms with Crippen LogP contribution in [0.5, 0.6) is 0 Å². The first kappa shape index (κ1) is 16.7. The first-order valence-electron chi connectivity index (χ1n) is 8.02. The number of nitrogens with one attached hydrogen (secondary N) is 1. The summed E-state index contributed by atoms with van der Waals surface area (Å²) in [5.74, 6) is 0.613. The van der Waals surface area contributed by atoms with Gasteiger partial charge in [0.15, 0.2) is 0 Å². The first-order valence-corrected chi connectivity index (χ1v) is 8.02. The summed E-state index contributed by atoms with van der Waals surface area (Å²) in [6, 6.07) is 5.96. The van der Waals surface area contributed by atoms with Gasteiger partial charge in [-0.15, -0.1) is 0 Å². The molecule has 1 aromatic heterocycles. The van der Waals surface area contributed by atoms with Crippen molar-refractivity contribution in [2.75, 3.05) is 19.6 Å². The highest BCUT2D eigenvalue weighted by molar-refractivity contribution is 5.68. The molecule has 5 heteroatoms. The van der Waals surface area contributed by atoms with E-state index in [0.717, 1.165) is 44.7 Å². The Kier molecular flexibility index (Phi) is 5.77. The number of piperidine rings is 1. The van der Waals surface area contributed by atoms with Crippen molar-refractivity contribution in [1.82, 2.24) is 15.2 Å².